The molecule has 0 spiro atoms. The van der Waals surface area contributed by atoms with E-state index in [0.29, 0.717) is 23.3 Å². The highest BCUT2D eigenvalue weighted by atomic mass is 16.4. The Hall–Kier alpha value is -2.17. The van der Waals surface area contributed by atoms with Crippen LogP contribution in [0.4, 0.5) is 0 Å². The van der Waals surface area contributed by atoms with Gasteiger partial charge in [0, 0.05) is 11.5 Å². The van der Waals surface area contributed by atoms with Crippen molar-refractivity contribution in [3.8, 4) is 11.5 Å². The Labute approximate surface area is 110 Å². The highest BCUT2D eigenvalue weighted by Gasteiger charge is 2.32. The summed E-state index contributed by atoms with van der Waals surface area (Å²) in [6.45, 7) is 2.09. The molecule has 1 heterocycles. The van der Waals surface area contributed by atoms with Crippen molar-refractivity contribution >= 4 is 5.97 Å². The summed E-state index contributed by atoms with van der Waals surface area (Å²) in [5.41, 5.74) is 0.856. The standard InChI is InChI=1S/C14H14N2O3/c1-8(9-5-6-9)12-15-16-13(19-12)10-3-2-4-11(7-10)14(17)18/h2-4,7-9H,5-6H2,1H3,(H,17,18). The molecule has 0 aliphatic heterocycles. The molecule has 5 heteroatoms. The van der Waals surface area contributed by atoms with Crippen LogP contribution in [0.15, 0.2) is 28.7 Å². The van der Waals surface area contributed by atoms with E-state index >= 15 is 0 Å². The molecule has 1 saturated carbocycles. The highest BCUT2D eigenvalue weighted by molar-refractivity contribution is 5.88. The lowest BCUT2D eigenvalue weighted by Crippen LogP contribution is -1.95. The predicted molar refractivity (Wildman–Crippen MR) is 67.8 cm³/mol. The van der Waals surface area contributed by atoms with Crippen LogP contribution in [-0.4, -0.2) is 21.3 Å². The third-order valence-electron chi connectivity index (χ3n) is 3.52. The van der Waals surface area contributed by atoms with Crippen LogP contribution in [0.2, 0.25) is 0 Å². The van der Waals surface area contributed by atoms with E-state index in [-0.39, 0.29) is 11.5 Å². The van der Waals surface area contributed by atoms with Crippen molar-refractivity contribution in [1.82, 2.24) is 10.2 Å². The summed E-state index contributed by atoms with van der Waals surface area (Å²) in [6, 6.07) is 6.52. The number of carbonyl (C=O) groups is 1. The maximum absolute atomic E-state index is 10.9. The second-order valence-electron chi connectivity index (χ2n) is 4.96. The van der Waals surface area contributed by atoms with Crippen LogP contribution in [0.25, 0.3) is 11.5 Å². The first-order chi connectivity index (χ1) is 9.15. The third kappa shape index (κ3) is 2.36. The maximum atomic E-state index is 10.9. The van der Waals surface area contributed by atoms with Gasteiger partial charge in [0.05, 0.1) is 5.56 Å². The van der Waals surface area contributed by atoms with E-state index in [1.165, 1.54) is 18.9 Å². The molecule has 3 rings (SSSR count). The summed E-state index contributed by atoms with van der Waals surface area (Å²) in [5.74, 6) is 0.985. The van der Waals surface area contributed by atoms with Gasteiger partial charge in [-0.1, -0.05) is 13.0 Å². The van der Waals surface area contributed by atoms with Crippen LogP contribution in [-0.2, 0) is 0 Å². The summed E-state index contributed by atoms with van der Waals surface area (Å²) in [5, 5.41) is 17.0. The fourth-order valence-electron chi connectivity index (χ4n) is 2.12. The summed E-state index contributed by atoms with van der Waals surface area (Å²) < 4.78 is 5.65. The van der Waals surface area contributed by atoms with E-state index in [1.54, 1.807) is 18.2 Å². The molecule has 1 fully saturated rings. The van der Waals surface area contributed by atoms with Crippen LogP contribution in [0.1, 0.15) is 41.9 Å². The molecule has 0 saturated heterocycles. The van der Waals surface area contributed by atoms with Crippen LogP contribution in [0, 0.1) is 5.92 Å². The first-order valence-corrected chi connectivity index (χ1v) is 6.32. The zero-order chi connectivity index (χ0) is 13.4. The third-order valence-corrected chi connectivity index (χ3v) is 3.52. The number of hydrogen-bond acceptors (Lipinski definition) is 4. The lowest BCUT2D eigenvalue weighted by atomic mass is 10.1. The van der Waals surface area contributed by atoms with Crippen molar-refractivity contribution in [2.75, 3.05) is 0 Å². The molecule has 2 aromatic rings. The minimum absolute atomic E-state index is 0.215. The molecule has 1 aromatic heterocycles. The normalized spacial score (nSPS) is 16.3. The molecule has 1 aliphatic rings. The van der Waals surface area contributed by atoms with Crippen LogP contribution >= 0.6 is 0 Å². The van der Waals surface area contributed by atoms with Crippen molar-refractivity contribution < 1.29 is 14.3 Å². The Balaban J connectivity index is 1.89. The number of nitrogens with zero attached hydrogens (tertiary/aromatic N) is 2. The summed E-state index contributed by atoms with van der Waals surface area (Å²) >= 11 is 0. The molecule has 98 valence electrons. The van der Waals surface area contributed by atoms with E-state index in [4.69, 9.17) is 9.52 Å². The second kappa shape index (κ2) is 4.50. The zero-order valence-corrected chi connectivity index (χ0v) is 10.5. The highest BCUT2D eigenvalue weighted by Crippen LogP contribution is 2.42. The molecule has 1 N–H and O–H groups in total. The van der Waals surface area contributed by atoms with Gasteiger partial charge in [0.25, 0.3) is 0 Å². The van der Waals surface area contributed by atoms with Crippen LogP contribution < -0.4 is 0 Å². The topological polar surface area (TPSA) is 76.2 Å². The Morgan fingerprint density at radius 3 is 2.89 bits per heavy atom. The SMILES string of the molecule is CC(c1nnc(-c2cccc(C(=O)O)c2)o1)C1CC1. The average molecular weight is 258 g/mol. The Kier molecular flexibility index (Phi) is 2.81. The van der Waals surface area contributed by atoms with E-state index in [9.17, 15) is 4.79 Å². The first kappa shape index (κ1) is 11.9. The van der Waals surface area contributed by atoms with Gasteiger partial charge in [0.2, 0.25) is 11.8 Å². The summed E-state index contributed by atoms with van der Waals surface area (Å²) in [7, 11) is 0. The number of rotatable bonds is 4. The molecule has 1 atom stereocenters. The minimum atomic E-state index is -0.965. The maximum Gasteiger partial charge on any atom is 0.335 e. The molecule has 1 unspecified atom stereocenters. The molecular formula is C14H14N2O3. The van der Waals surface area contributed by atoms with Gasteiger partial charge < -0.3 is 9.52 Å². The molecule has 19 heavy (non-hydrogen) atoms. The number of carboxylic acids is 1. The van der Waals surface area contributed by atoms with Crippen molar-refractivity contribution in [3.63, 3.8) is 0 Å². The van der Waals surface area contributed by atoms with E-state index in [1.807, 2.05) is 0 Å². The van der Waals surface area contributed by atoms with Crippen molar-refractivity contribution in [3.05, 3.63) is 35.7 Å². The molecule has 1 aromatic carbocycles. The van der Waals surface area contributed by atoms with Crippen molar-refractivity contribution in [1.29, 1.82) is 0 Å². The van der Waals surface area contributed by atoms with Crippen molar-refractivity contribution in [2.45, 2.75) is 25.7 Å². The van der Waals surface area contributed by atoms with E-state index < -0.39 is 5.97 Å². The largest absolute Gasteiger partial charge is 0.478 e. The van der Waals surface area contributed by atoms with Gasteiger partial charge in [-0.25, -0.2) is 4.79 Å². The lowest BCUT2D eigenvalue weighted by Gasteiger charge is -2.02. The molecule has 1 aliphatic carbocycles. The van der Waals surface area contributed by atoms with E-state index in [0.717, 1.165) is 0 Å². The monoisotopic (exact) mass is 258 g/mol. The van der Waals surface area contributed by atoms with Gasteiger partial charge in [-0.3, -0.25) is 0 Å². The molecule has 0 amide bonds. The first-order valence-electron chi connectivity index (χ1n) is 6.32. The minimum Gasteiger partial charge on any atom is -0.478 e. The fourth-order valence-corrected chi connectivity index (χ4v) is 2.12. The van der Waals surface area contributed by atoms with Gasteiger partial charge >= 0.3 is 5.97 Å². The number of aromatic nitrogens is 2. The molecule has 5 nitrogen and oxygen atoms in total. The fraction of sp³-hybridized carbons (Fsp3) is 0.357. The van der Waals surface area contributed by atoms with Gasteiger partial charge in [-0.15, -0.1) is 10.2 Å². The molecule has 0 radical (unpaired) electrons. The van der Waals surface area contributed by atoms with Crippen LogP contribution in [0.5, 0.6) is 0 Å². The average Bonchev–Trinajstić information content (AvgIpc) is 3.15. The van der Waals surface area contributed by atoms with Gasteiger partial charge in [0.15, 0.2) is 0 Å². The summed E-state index contributed by atoms with van der Waals surface area (Å²) in [4.78, 5) is 10.9. The lowest BCUT2D eigenvalue weighted by molar-refractivity contribution is 0.0697. The Morgan fingerprint density at radius 1 is 1.42 bits per heavy atom. The Bertz CT molecular complexity index is 617. The van der Waals surface area contributed by atoms with Gasteiger partial charge in [-0.05, 0) is 37.0 Å². The predicted octanol–water partition coefficient (Wildman–Crippen LogP) is 2.95. The number of carboxylic acid groups (broad SMARTS) is 1. The summed E-state index contributed by atoms with van der Waals surface area (Å²) in [6.07, 6.45) is 2.43. The van der Waals surface area contributed by atoms with Crippen molar-refractivity contribution in [2.24, 2.45) is 5.92 Å². The smallest absolute Gasteiger partial charge is 0.335 e. The van der Waals surface area contributed by atoms with Crippen LogP contribution in [0.3, 0.4) is 0 Å². The van der Waals surface area contributed by atoms with E-state index in [2.05, 4.69) is 17.1 Å². The molecular weight excluding hydrogens is 244 g/mol. The van der Waals surface area contributed by atoms with Gasteiger partial charge in [0.1, 0.15) is 0 Å². The number of hydrogen-bond donors (Lipinski definition) is 1. The number of benzene rings is 1. The van der Waals surface area contributed by atoms with Gasteiger partial charge in [-0.2, -0.15) is 0 Å². The Morgan fingerprint density at radius 2 is 2.21 bits per heavy atom. The number of aromatic carboxylic acids is 1. The zero-order valence-electron chi connectivity index (χ0n) is 10.5. The quantitative estimate of drug-likeness (QED) is 0.912. The molecule has 0 bridgehead atoms. The second-order valence-corrected chi connectivity index (χ2v) is 4.96.